The number of likely N-dealkylation sites (tertiary alicyclic amines) is 1. The highest BCUT2D eigenvalue weighted by Gasteiger charge is 2.39. The maximum atomic E-state index is 13.2. The van der Waals surface area contributed by atoms with E-state index in [-0.39, 0.29) is 29.4 Å². The van der Waals surface area contributed by atoms with Crippen LogP contribution in [0.3, 0.4) is 0 Å². The lowest BCUT2D eigenvalue weighted by Crippen LogP contribution is -2.56. The van der Waals surface area contributed by atoms with Crippen LogP contribution >= 0.6 is 23.2 Å². The van der Waals surface area contributed by atoms with Gasteiger partial charge in [-0.3, -0.25) is 14.5 Å². The van der Waals surface area contributed by atoms with Crippen molar-refractivity contribution in [1.29, 1.82) is 0 Å². The minimum Gasteiger partial charge on any atom is -0.338 e. The average molecular weight is 474 g/mol. The lowest BCUT2D eigenvalue weighted by Gasteiger charge is -2.39. The van der Waals surface area contributed by atoms with Crippen molar-refractivity contribution in [2.75, 3.05) is 44.2 Å². The molecule has 0 aliphatic carbocycles. The smallest absolute Gasteiger partial charge is 0.254 e. The number of rotatable bonds is 3. The molecule has 2 atom stereocenters. The Bertz CT molecular complexity index is 927. The van der Waals surface area contributed by atoms with Gasteiger partial charge in [-0.1, -0.05) is 23.2 Å². The normalized spacial score (nSPS) is 26.9. The summed E-state index contributed by atoms with van der Waals surface area (Å²) in [4.78, 5) is 31.8. The van der Waals surface area contributed by atoms with Crippen LogP contribution in [0, 0.1) is 0 Å². The van der Waals surface area contributed by atoms with Gasteiger partial charge in [-0.05, 0) is 37.5 Å². The molecular weight excluding hydrogens is 449 g/mol. The molecule has 0 saturated carbocycles. The van der Waals surface area contributed by atoms with E-state index in [1.807, 2.05) is 0 Å². The van der Waals surface area contributed by atoms with Crippen molar-refractivity contribution >= 4 is 44.9 Å². The zero-order valence-electron chi connectivity index (χ0n) is 16.6. The minimum absolute atomic E-state index is 0.0346. The molecule has 0 radical (unpaired) electrons. The predicted molar refractivity (Wildman–Crippen MR) is 116 cm³/mol. The molecule has 2 unspecified atom stereocenters. The lowest BCUT2D eigenvalue weighted by molar-refractivity contribution is -0.137. The summed E-state index contributed by atoms with van der Waals surface area (Å²) >= 11 is 12.1. The third-order valence-electron chi connectivity index (χ3n) is 6.26. The van der Waals surface area contributed by atoms with Gasteiger partial charge in [0.05, 0.1) is 11.5 Å². The van der Waals surface area contributed by atoms with Crippen LogP contribution < -0.4 is 0 Å². The number of sulfone groups is 1. The van der Waals surface area contributed by atoms with Gasteiger partial charge < -0.3 is 9.80 Å². The number of hydrogen-bond acceptors (Lipinski definition) is 5. The molecule has 0 N–H and O–H groups in total. The van der Waals surface area contributed by atoms with Crippen molar-refractivity contribution in [1.82, 2.24) is 14.7 Å². The van der Waals surface area contributed by atoms with Gasteiger partial charge in [0.15, 0.2) is 9.84 Å². The van der Waals surface area contributed by atoms with E-state index in [1.54, 1.807) is 28.0 Å². The van der Waals surface area contributed by atoms with Gasteiger partial charge in [0.25, 0.3) is 5.91 Å². The highest BCUT2D eigenvalue weighted by molar-refractivity contribution is 7.91. The molecule has 1 aromatic carbocycles. The van der Waals surface area contributed by atoms with E-state index in [9.17, 15) is 18.0 Å². The summed E-state index contributed by atoms with van der Waals surface area (Å²) in [5.74, 6) is 0.204. The summed E-state index contributed by atoms with van der Waals surface area (Å²) in [5.41, 5.74) is 0.388. The molecule has 30 heavy (non-hydrogen) atoms. The fraction of sp³-hybridized carbons (Fsp3) is 0.600. The third-order valence-corrected chi connectivity index (χ3v) is 8.45. The van der Waals surface area contributed by atoms with Gasteiger partial charge in [-0.15, -0.1) is 0 Å². The molecule has 164 valence electrons. The lowest BCUT2D eigenvalue weighted by atomic mass is 10.1. The quantitative estimate of drug-likeness (QED) is 0.669. The van der Waals surface area contributed by atoms with Gasteiger partial charge in [-0.2, -0.15) is 0 Å². The van der Waals surface area contributed by atoms with Crippen molar-refractivity contribution in [3.63, 3.8) is 0 Å². The van der Waals surface area contributed by atoms with E-state index in [1.165, 1.54) is 0 Å². The van der Waals surface area contributed by atoms with Gasteiger partial charge in [0.1, 0.15) is 6.04 Å². The van der Waals surface area contributed by atoms with Crippen LogP contribution in [0.15, 0.2) is 18.2 Å². The molecule has 3 aliphatic heterocycles. The Morgan fingerprint density at radius 1 is 0.933 bits per heavy atom. The van der Waals surface area contributed by atoms with Crippen LogP contribution in [0.25, 0.3) is 0 Å². The molecule has 0 bridgehead atoms. The second-order valence-corrected chi connectivity index (χ2v) is 11.3. The van der Waals surface area contributed by atoms with E-state index < -0.39 is 15.9 Å². The number of hydrogen-bond donors (Lipinski definition) is 0. The minimum atomic E-state index is -2.92. The first kappa shape index (κ1) is 21.9. The van der Waals surface area contributed by atoms with E-state index >= 15 is 0 Å². The Hall–Kier alpha value is -1.35. The Balaban J connectivity index is 1.39. The molecule has 3 fully saturated rings. The molecule has 3 heterocycles. The van der Waals surface area contributed by atoms with Crippen LogP contribution in [0.1, 0.15) is 29.6 Å². The van der Waals surface area contributed by atoms with Crippen LogP contribution in [0.5, 0.6) is 0 Å². The van der Waals surface area contributed by atoms with Crippen LogP contribution in [0.4, 0.5) is 0 Å². The largest absolute Gasteiger partial charge is 0.338 e. The van der Waals surface area contributed by atoms with E-state index in [2.05, 4.69) is 4.90 Å². The zero-order valence-corrected chi connectivity index (χ0v) is 18.9. The molecular formula is C20H25Cl2N3O4S. The van der Waals surface area contributed by atoms with Crippen molar-refractivity contribution < 1.29 is 18.0 Å². The van der Waals surface area contributed by atoms with Gasteiger partial charge in [0, 0.05) is 54.4 Å². The number of amides is 2. The first-order valence-corrected chi connectivity index (χ1v) is 12.8. The fourth-order valence-electron chi connectivity index (χ4n) is 4.69. The summed E-state index contributed by atoms with van der Waals surface area (Å²) in [6.45, 7) is 2.96. The number of carbonyl (C=O) groups is 2. The summed E-state index contributed by atoms with van der Waals surface area (Å²) in [6, 6.07) is 4.30. The summed E-state index contributed by atoms with van der Waals surface area (Å²) in [5, 5.41) is 0.774. The Labute approximate surface area is 186 Å². The molecule has 3 aliphatic rings. The van der Waals surface area contributed by atoms with E-state index in [0.717, 1.165) is 6.42 Å². The van der Waals surface area contributed by atoms with Gasteiger partial charge in [0.2, 0.25) is 5.91 Å². The van der Waals surface area contributed by atoms with Crippen molar-refractivity contribution in [2.24, 2.45) is 0 Å². The summed E-state index contributed by atoms with van der Waals surface area (Å²) < 4.78 is 23.5. The Morgan fingerprint density at radius 2 is 1.60 bits per heavy atom. The number of carbonyl (C=O) groups excluding carboxylic acids is 2. The van der Waals surface area contributed by atoms with Crippen LogP contribution in [-0.2, 0) is 14.6 Å². The number of nitrogens with zero attached hydrogens (tertiary/aromatic N) is 3. The first-order chi connectivity index (χ1) is 14.2. The second kappa shape index (κ2) is 8.65. The highest BCUT2D eigenvalue weighted by Crippen LogP contribution is 2.26. The molecule has 4 rings (SSSR count). The van der Waals surface area contributed by atoms with Crippen LogP contribution in [-0.4, -0.2) is 91.2 Å². The van der Waals surface area contributed by atoms with Crippen molar-refractivity contribution in [2.45, 2.75) is 31.3 Å². The highest BCUT2D eigenvalue weighted by atomic mass is 35.5. The summed E-state index contributed by atoms with van der Waals surface area (Å²) in [6.07, 6.45) is 2.08. The summed E-state index contributed by atoms with van der Waals surface area (Å²) in [7, 11) is -2.92. The average Bonchev–Trinajstić information content (AvgIpc) is 3.32. The third kappa shape index (κ3) is 4.61. The number of piperazine rings is 1. The van der Waals surface area contributed by atoms with Crippen LogP contribution in [0.2, 0.25) is 10.0 Å². The second-order valence-electron chi connectivity index (χ2n) is 8.23. The van der Waals surface area contributed by atoms with E-state index in [0.29, 0.717) is 61.2 Å². The standard InChI is InChI=1S/C20H25Cl2N3O4S/c21-15-10-14(11-16(22)12-15)19(26)25-4-1-2-18(25)20(27)24-7-5-23(6-8-24)17-3-9-30(28,29)13-17/h10-12,17-18H,1-9,13H2. The molecule has 3 saturated heterocycles. The Morgan fingerprint density at radius 3 is 2.20 bits per heavy atom. The van der Waals surface area contributed by atoms with Crippen molar-refractivity contribution in [3.8, 4) is 0 Å². The first-order valence-electron chi connectivity index (χ1n) is 10.2. The fourth-order valence-corrected chi connectivity index (χ4v) is 6.98. The van der Waals surface area contributed by atoms with Gasteiger partial charge >= 0.3 is 0 Å². The zero-order chi connectivity index (χ0) is 21.5. The molecule has 0 spiro atoms. The number of halogens is 2. The molecule has 1 aromatic rings. The Kier molecular flexibility index (Phi) is 6.30. The van der Waals surface area contributed by atoms with E-state index in [4.69, 9.17) is 23.2 Å². The maximum absolute atomic E-state index is 13.2. The predicted octanol–water partition coefficient (Wildman–Crippen LogP) is 1.93. The SMILES string of the molecule is O=C(C1CCCN1C(=O)c1cc(Cl)cc(Cl)c1)N1CCN(C2CCS(=O)(=O)C2)CC1. The van der Waals surface area contributed by atoms with Gasteiger partial charge in [-0.25, -0.2) is 8.42 Å². The van der Waals surface area contributed by atoms with Crippen molar-refractivity contribution in [3.05, 3.63) is 33.8 Å². The monoisotopic (exact) mass is 473 g/mol. The number of benzene rings is 1. The molecule has 7 nitrogen and oxygen atoms in total. The molecule has 0 aromatic heterocycles. The maximum Gasteiger partial charge on any atom is 0.254 e. The topological polar surface area (TPSA) is 78.0 Å². The molecule has 2 amide bonds. The molecule has 10 heteroatoms.